The lowest BCUT2D eigenvalue weighted by Crippen LogP contribution is -2.38. The minimum Gasteiger partial charge on any atom is -0.354 e. The van der Waals surface area contributed by atoms with Crippen LogP contribution in [0.3, 0.4) is 0 Å². The summed E-state index contributed by atoms with van der Waals surface area (Å²) < 4.78 is 15.0. The van der Waals surface area contributed by atoms with Crippen molar-refractivity contribution in [3.63, 3.8) is 0 Å². The number of anilines is 1. The van der Waals surface area contributed by atoms with Crippen molar-refractivity contribution in [2.45, 2.75) is 25.3 Å². The largest absolute Gasteiger partial charge is 0.354 e. The first-order chi connectivity index (χ1) is 9.65. The van der Waals surface area contributed by atoms with Gasteiger partial charge in [0.25, 0.3) is 0 Å². The van der Waals surface area contributed by atoms with Crippen LogP contribution in [-0.2, 0) is 11.8 Å². The first-order valence-corrected chi connectivity index (χ1v) is 6.81. The Kier molecular flexibility index (Phi) is 3.30. The Bertz CT molecular complexity index is 652. The smallest absolute Gasteiger partial charge is 0.242 e. The first-order valence-electron chi connectivity index (χ1n) is 6.81. The van der Waals surface area contributed by atoms with Crippen LogP contribution in [0.15, 0.2) is 18.2 Å². The van der Waals surface area contributed by atoms with E-state index in [0.29, 0.717) is 17.0 Å². The SMILES string of the molecule is Cn1c(NC2CCCCNC2=O)nc2ccc(F)cc21. The van der Waals surface area contributed by atoms with Crippen molar-refractivity contribution in [3.05, 3.63) is 24.0 Å². The number of hydrogen-bond donors (Lipinski definition) is 2. The summed E-state index contributed by atoms with van der Waals surface area (Å²) in [6, 6.07) is 4.19. The van der Waals surface area contributed by atoms with Gasteiger partial charge in [0.05, 0.1) is 11.0 Å². The van der Waals surface area contributed by atoms with E-state index in [-0.39, 0.29) is 17.8 Å². The molecule has 3 rings (SSSR count). The minimum absolute atomic E-state index is 0.000682. The van der Waals surface area contributed by atoms with Gasteiger partial charge in [-0.05, 0) is 37.5 Å². The number of rotatable bonds is 2. The van der Waals surface area contributed by atoms with Crippen LogP contribution in [0.4, 0.5) is 10.3 Å². The Morgan fingerprint density at radius 2 is 2.30 bits per heavy atom. The number of halogens is 1. The van der Waals surface area contributed by atoms with Gasteiger partial charge in [-0.2, -0.15) is 0 Å². The number of carbonyl (C=O) groups is 1. The average Bonchev–Trinajstić information content (AvgIpc) is 2.59. The van der Waals surface area contributed by atoms with Crippen LogP contribution < -0.4 is 10.6 Å². The van der Waals surface area contributed by atoms with Gasteiger partial charge in [0.2, 0.25) is 11.9 Å². The van der Waals surface area contributed by atoms with Crippen LogP contribution in [0.5, 0.6) is 0 Å². The molecule has 20 heavy (non-hydrogen) atoms. The number of nitrogens with one attached hydrogen (secondary N) is 2. The molecule has 2 N–H and O–H groups in total. The second-order valence-electron chi connectivity index (χ2n) is 5.11. The standard InChI is InChI=1S/C14H17FN4O/c1-19-12-8-9(15)5-6-10(12)17-14(19)18-11-4-2-3-7-16-13(11)20/h5-6,8,11H,2-4,7H2,1H3,(H,16,20)(H,17,18). The zero-order valence-corrected chi connectivity index (χ0v) is 11.3. The van der Waals surface area contributed by atoms with Gasteiger partial charge in [-0.3, -0.25) is 4.79 Å². The molecule has 1 fully saturated rings. The van der Waals surface area contributed by atoms with Crippen LogP contribution in [-0.4, -0.2) is 28.0 Å². The normalized spacial score (nSPS) is 19.7. The zero-order valence-electron chi connectivity index (χ0n) is 11.3. The Labute approximate surface area is 116 Å². The molecule has 1 unspecified atom stereocenters. The number of carbonyl (C=O) groups excluding carboxylic acids is 1. The Morgan fingerprint density at radius 3 is 3.15 bits per heavy atom. The van der Waals surface area contributed by atoms with Gasteiger partial charge in [0, 0.05) is 13.6 Å². The molecule has 0 bridgehead atoms. The third kappa shape index (κ3) is 2.33. The summed E-state index contributed by atoms with van der Waals surface area (Å²) in [4.78, 5) is 16.3. The molecule has 106 valence electrons. The maximum absolute atomic E-state index is 13.3. The fourth-order valence-corrected chi connectivity index (χ4v) is 2.52. The molecule has 1 amide bonds. The molecule has 2 heterocycles. The lowest BCUT2D eigenvalue weighted by Gasteiger charge is -2.15. The van der Waals surface area contributed by atoms with Gasteiger partial charge in [0.15, 0.2) is 0 Å². The molecule has 1 aliphatic rings. The summed E-state index contributed by atoms with van der Waals surface area (Å²) in [5, 5.41) is 6.04. The van der Waals surface area contributed by atoms with Gasteiger partial charge in [0.1, 0.15) is 11.9 Å². The quantitative estimate of drug-likeness (QED) is 0.879. The van der Waals surface area contributed by atoms with Crippen LogP contribution >= 0.6 is 0 Å². The van der Waals surface area contributed by atoms with E-state index in [1.807, 2.05) is 7.05 Å². The lowest BCUT2D eigenvalue weighted by atomic mass is 10.1. The second-order valence-corrected chi connectivity index (χ2v) is 5.11. The molecule has 0 saturated carbocycles. The Morgan fingerprint density at radius 1 is 1.45 bits per heavy atom. The van der Waals surface area contributed by atoms with Crippen molar-refractivity contribution in [3.8, 4) is 0 Å². The average molecular weight is 276 g/mol. The van der Waals surface area contributed by atoms with E-state index >= 15 is 0 Å². The highest BCUT2D eigenvalue weighted by atomic mass is 19.1. The van der Waals surface area contributed by atoms with Crippen LogP contribution in [0, 0.1) is 5.82 Å². The van der Waals surface area contributed by atoms with Crippen molar-refractivity contribution < 1.29 is 9.18 Å². The third-order valence-corrected chi connectivity index (χ3v) is 3.68. The number of amides is 1. The highest BCUT2D eigenvalue weighted by Gasteiger charge is 2.22. The molecule has 2 aromatic rings. The van der Waals surface area contributed by atoms with E-state index < -0.39 is 0 Å². The molecule has 5 nitrogen and oxygen atoms in total. The number of benzene rings is 1. The van der Waals surface area contributed by atoms with E-state index in [4.69, 9.17) is 0 Å². The summed E-state index contributed by atoms with van der Waals surface area (Å²) in [6.45, 7) is 0.727. The summed E-state index contributed by atoms with van der Waals surface area (Å²) in [5.74, 6) is 0.299. The van der Waals surface area contributed by atoms with Crippen molar-refractivity contribution in [1.29, 1.82) is 0 Å². The molecule has 1 aromatic carbocycles. The van der Waals surface area contributed by atoms with Gasteiger partial charge >= 0.3 is 0 Å². The number of nitrogens with zero attached hydrogens (tertiary/aromatic N) is 2. The monoisotopic (exact) mass is 276 g/mol. The lowest BCUT2D eigenvalue weighted by molar-refractivity contribution is -0.121. The summed E-state index contributed by atoms with van der Waals surface area (Å²) >= 11 is 0. The molecule has 1 atom stereocenters. The molecule has 1 aromatic heterocycles. The fraction of sp³-hybridized carbons (Fsp3) is 0.429. The van der Waals surface area contributed by atoms with Crippen molar-refractivity contribution >= 4 is 22.9 Å². The Hall–Kier alpha value is -2.11. The highest BCUT2D eigenvalue weighted by molar-refractivity contribution is 5.85. The molecule has 1 aliphatic heterocycles. The van der Waals surface area contributed by atoms with Crippen LogP contribution in [0.1, 0.15) is 19.3 Å². The van der Waals surface area contributed by atoms with E-state index in [0.717, 1.165) is 25.8 Å². The first kappa shape index (κ1) is 12.9. The minimum atomic E-state index is -0.292. The molecular formula is C14H17FN4O. The Balaban J connectivity index is 1.90. The van der Waals surface area contributed by atoms with Crippen molar-refractivity contribution in [2.75, 3.05) is 11.9 Å². The summed E-state index contributed by atoms with van der Waals surface area (Å²) in [5.41, 5.74) is 1.42. The topological polar surface area (TPSA) is 59.0 Å². The van der Waals surface area contributed by atoms with Crippen molar-refractivity contribution in [2.24, 2.45) is 7.05 Å². The number of hydrogen-bond acceptors (Lipinski definition) is 3. The molecule has 0 radical (unpaired) electrons. The number of aromatic nitrogens is 2. The van der Waals surface area contributed by atoms with Gasteiger partial charge in [-0.25, -0.2) is 9.37 Å². The number of aryl methyl sites for hydroxylation is 1. The molecule has 1 saturated heterocycles. The molecule has 6 heteroatoms. The van der Waals surface area contributed by atoms with E-state index in [1.165, 1.54) is 12.1 Å². The summed E-state index contributed by atoms with van der Waals surface area (Å²) in [6.07, 6.45) is 2.77. The molecule has 0 spiro atoms. The third-order valence-electron chi connectivity index (χ3n) is 3.68. The predicted molar refractivity (Wildman–Crippen MR) is 74.9 cm³/mol. The predicted octanol–water partition coefficient (Wildman–Crippen LogP) is 1.79. The maximum atomic E-state index is 13.3. The van der Waals surface area contributed by atoms with E-state index in [2.05, 4.69) is 15.6 Å². The van der Waals surface area contributed by atoms with Gasteiger partial charge < -0.3 is 15.2 Å². The van der Waals surface area contributed by atoms with E-state index in [9.17, 15) is 9.18 Å². The second kappa shape index (κ2) is 5.11. The highest BCUT2D eigenvalue weighted by Crippen LogP contribution is 2.20. The van der Waals surface area contributed by atoms with Crippen LogP contribution in [0.2, 0.25) is 0 Å². The van der Waals surface area contributed by atoms with Gasteiger partial charge in [-0.15, -0.1) is 0 Å². The van der Waals surface area contributed by atoms with Gasteiger partial charge in [-0.1, -0.05) is 0 Å². The summed E-state index contributed by atoms with van der Waals surface area (Å²) in [7, 11) is 1.81. The van der Waals surface area contributed by atoms with Crippen molar-refractivity contribution in [1.82, 2.24) is 14.9 Å². The molecule has 0 aliphatic carbocycles. The number of fused-ring (bicyclic) bond motifs is 1. The maximum Gasteiger partial charge on any atom is 0.242 e. The van der Waals surface area contributed by atoms with Crippen LogP contribution in [0.25, 0.3) is 11.0 Å². The zero-order chi connectivity index (χ0) is 14.1. The molecular weight excluding hydrogens is 259 g/mol. The fourth-order valence-electron chi connectivity index (χ4n) is 2.52. The number of imidazole rings is 1. The van der Waals surface area contributed by atoms with E-state index in [1.54, 1.807) is 10.6 Å².